The number of carbonyl (C=O) groups excluding carboxylic acids is 1. The van der Waals surface area contributed by atoms with Crippen molar-refractivity contribution in [3.8, 4) is 0 Å². The fourth-order valence-corrected chi connectivity index (χ4v) is 3.58. The third-order valence-corrected chi connectivity index (χ3v) is 5.32. The van der Waals surface area contributed by atoms with Crippen LogP contribution in [0.25, 0.3) is 0 Å². The largest absolute Gasteiger partial charge is 0.357 e. The zero-order valence-electron chi connectivity index (χ0n) is 18.9. The van der Waals surface area contributed by atoms with E-state index in [0.717, 1.165) is 42.5 Å². The first-order valence-electron chi connectivity index (χ1n) is 11.1. The molecule has 2 aromatic rings. The lowest BCUT2D eigenvalue weighted by atomic mass is 10.1. The number of hydrogen-bond donors (Lipinski definition) is 2. The summed E-state index contributed by atoms with van der Waals surface area (Å²) in [4.78, 5) is 25.3. The van der Waals surface area contributed by atoms with Gasteiger partial charge in [-0.05, 0) is 61.6 Å². The van der Waals surface area contributed by atoms with Crippen LogP contribution in [-0.2, 0) is 13.1 Å². The molecule has 1 amide bonds. The average molecular weight is 423 g/mol. The first-order chi connectivity index (χ1) is 15.1. The van der Waals surface area contributed by atoms with Crippen molar-refractivity contribution in [2.75, 3.05) is 38.6 Å². The standard InChI is InChI=1S/C24H34N6O/c1-4-25-24(27-17-19-8-10-21(11-9-19)23(31)29(2)3)28-18-20-12-13-26-22(16-20)30-14-6-5-7-15-30/h8-13,16H,4-7,14-15,17-18H2,1-3H3,(H2,25,27,28). The molecule has 1 saturated heterocycles. The second kappa shape index (κ2) is 11.3. The van der Waals surface area contributed by atoms with Crippen molar-refractivity contribution in [1.82, 2.24) is 20.5 Å². The van der Waals surface area contributed by atoms with Crippen molar-refractivity contribution in [2.45, 2.75) is 39.3 Å². The molecule has 0 spiro atoms. The van der Waals surface area contributed by atoms with Gasteiger partial charge in [-0.3, -0.25) is 4.79 Å². The molecule has 2 N–H and O–H groups in total. The van der Waals surface area contributed by atoms with Crippen molar-refractivity contribution in [3.63, 3.8) is 0 Å². The highest BCUT2D eigenvalue weighted by molar-refractivity contribution is 5.93. The average Bonchev–Trinajstić information content (AvgIpc) is 2.81. The molecular formula is C24H34N6O. The summed E-state index contributed by atoms with van der Waals surface area (Å²) in [5.41, 5.74) is 2.94. The number of carbonyl (C=O) groups is 1. The Morgan fingerprint density at radius 2 is 1.81 bits per heavy atom. The Morgan fingerprint density at radius 1 is 1.06 bits per heavy atom. The Balaban J connectivity index is 1.59. The number of aromatic nitrogens is 1. The third kappa shape index (κ3) is 6.70. The minimum absolute atomic E-state index is 0.00989. The number of amides is 1. The van der Waals surface area contributed by atoms with Gasteiger partial charge in [-0.15, -0.1) is 0 Å². The molecule has 0 radical (unpaired) electrons. The lowest BCUT2D eigenvalue weighted by Crippen LogP contribution is -2.36. The van der Waals surface area contributed by atoms with Gasteiger partial charge in [0, 0.05) is 52.0 Å². The van der Waals surface area contributed by atoms with Gasteiger partial charge >= 0.3 is 0 Å². The molecule has 7 nitrogen and oxygen atoms in total. The number of nitrogens with zero attached hydrogens (tertiary/aromatic N) is 4. The number of benzene rings is 1. The number of anilines is 1. The molecule has 1 aliphatic heterocycles. The van der Waals surface area contributed by atoms with Crippen molar-refractivity contribution in [1.29, 1.82) is 0 Å². The van der Waals surface area contributed by atoms with Crippen LogP contribution in [0.3, 0.4) is 0 Å². The van der Waals surface area contributed by atoms with Crippen LogP contribution in [0.15, 0.2) is 47.6 Å². The monoisotopic (exact) mass is 422 g/mol. The molecule has 1 aliphatic rings. The van der Waals surface area contributed by atoms with Gasteiger partial charge in [-0.25, -0.2) is 9.98 Å². The molecule has 1 fully saturated rings. The summed E-state index contributed by atoms with van der Waals surface area (Å²) < 4.78 is 0. The molecule has 166 valence electrons. The molecule has 7 heteroatoms. The zero-order valence-corrected chi connectivity index (χ0v) is 18.9. The summed E-state index contributed by atoms with van der Waals surface area (Å²) >= 11 is 0. The lowest BCUT2D eigenvalue weighted by Gasteiger charge is -2.27. The summed E-state index contributed by atoms with van der Waals surface area (Å²) in [6.07, 6.45) is 5.67. The number of pyridine rings is 1. The summed E-state index contributed by atoms with van der Waals surface area (Å²) in [6, 6.07) is 11.9. The third-order valence-electron chi connectivity index (χ3n) is 5.32. The smallest absolute Gasteiger partial charge is 0.253 e. The maximum Gasteiger partial charge on any atom is 0.253 e. The number of hydrogen-bond acceptors (Lipinski definition) is 4. The topological polar surface area (TPSA) is 72.9 Å². The number of rotatable bonds is 7. The van der Waals surface area contributed by atoms with Gasteiger partial charge in [-0.1, -0.05) is 12.1 Å². The highest BCUT2D eigenvalue weighted by Crippen LogP contribution is 2.18. The normalized spacial score (nSPS) is 14.3. The second-order valence-electron chi connectivity index (χ2n) is 8.02. The number of aliphatic imine (C=N–C) groups is 1. The van der Waals surface area contributed by atoms with Crippen molar-refractivity contribution in [3.05, 3.63) is 59.3 Å². The van der Waals surface area contributed by atoms with Gasteiger partial charge in [0.05, 0.1) is 6.54 Å². The highest BCUT2D eigenvalue weighted by atomic mass is 16.2. The fraction of sp³-hybridized carbons (Fsp3) is 0.458. The molecule has 0 unspecified atom stereocenters. The zero-order chi connectivity index (χ0) is 22.1. The molecule has 0 bridgehead atoms. The summed E-state index contributed by atoms with van der Waals surface area (Å²) in [5.74, 6) is 1.83. The van der Waals surface area contributed by atoms with Crippen LogP contribution in [0, 0.1) is 0 Å². The fourth-order valence-electron chi connectivity index (χ4n) is 3.58. The van der Waals surface area contributed by atoms with Crippen LogP contribution in [0.1, 0.15) is 47.7 Å². The Morgan fingerprint density at radius 3 is 2.48 bits per heavy atom. The lowest BCUT2D eigenvalue weighted by molar-refractivity contribution is 0.0827. The first-order valence-corrected chi connectivity index (χ1v) is 11.1. The molecule has 31 heavy (non-hydrogen) atoms. The Kier molecular flexibility index (Phi) is 8.27. The van der Waals surface area contributed by atoms with Crippen molar-refractivity contribution < 1.29 is 4.79 Å². The molecule has 3 rings (SSSR count). The first kappa shape index (κ1) is 22.6. The van der Waals surface area contributed by atoms with E-state index in [2.05, 4.69) is 33.5 Å². The highest BCUT2D eigenvalue weighted by Gasteiger charge is 2.12. The van der Waals surface area contributed by atoms with E-state index < -0.39 is 0 Å². The molecular weight excluding hydrogens is 388 g/mol. The second-order valence-corrected chi connectivity index (χ2v) is 8.02. The van der Waals surface area contributed by atoms with E-state index in [1.807, 2.05) is 36.5 Å². The van der Waals surface area contributed by atoms with Crippen LogP contribution in [0.4, 0.5) is 5.82 Å². The summed E-state index contributed by atoms with van der Waals surface area (Å²) in [7, 11) is 3.52. The number of nitrogens with one attached hydrogen (secondary N) is 2. The minimum atomic E-state index is 0.00989. The van der Waals surface area contributed by atoms with Crippen LogP contribution in [-0.4, -0.2) is 55.5 Å². The molecule has 0 saturated carbocycles. The van der Waals surface area contributed by atoms with E-state index >= 15 is 0 Å². The van der Waals surface area contributed by atoms with Gasteiger partial charge in [0.1, 0.15) is 5.82 Å². The van der Waals surface area contributed by atoms with E-state index in [4.69, 9.17) is 4.99 Å². The molecule has 1 aromatic carbocycles. The minimum Gasteiger partial charge on any atom is -0.357 e. The van der Waals surface area contributed by atoms with E-state index in [1.165, 1.54) is 19.3 Å². The van der Waals surface area contributed by atoms with Crippen LogP contribution in [0.2, 0.25) is 0 Å². The van der Waals surface area contributed by atoms with E-state index in [1.54, 1.807) is 19.0 Å². The quantitative estimate of drug-likeness (QED) is 0.530. The van der Waals surface area contributed by atoms with Gasteiger partial charge in [0.25, 0.3) is 5.91 Å². The van der Waals surface area contributed by atoms with Crippen LogP contribution in [0.5, 0.6) is 0 Å². The number of guanidine groups is 1. The predicted molar refractivity (Wildman–Crippen MR) is 126 cm³/mol. The molecule has 2 heterocycles. The Bertz CT molecular complexity index is 872. The van der Waals surface area contributed by atoms with Gasteiger partial charge in [-0.2, -0.15) is 0 Å². The van der Waals surface area contributed by atoms with Crippen molar-refractivity contribution >= 4 is 17.7 Å². The van der Waals surface area contributed by atoms with Crippen LogP contribution < -0.4 is 15.5 Å². The molecule has 0 aliphatic carbocycles. The Hall–Kier alpha value is -3.09. The Labute approximate surface area is 185 Å². The predicted octanol–water partition coefficient (Wildman–Crippen LogP) is 3.03. The van der Waals surface area contributed by atoms with Gasteiger partial charge in [0.15, 0.2) is 5.96 Å². The molecule has 0 atom stereocenters. The maximum atomic E-state index is 12.0. The van der Waals surface area contributed by atoms with Gasteiger partial charge < -0.3 is 20.4 Å². The van der Waals surface area contributed by atoms with Gasteiger partial charge in [0.2, 0.25) is 0 Å². The summed E-state index contributed by atoms with van der Waals surface area (Å²) in [6.45, 7) is 6.25. The number of piperidine rings is 1. The molecule has 1 aromatic heterocycles. The van der Waals surface area contributed by atoms with Crippen molar-refractivity contribution in [2.24, 2.45) is 4.99 Å². The SMILES string of the molecule is CCNC(=NCc1ccnc(N2CCCCC2)c1)NCc1ccc(C(=O)N(C)C)cc1. The van der Waals surface area contributed by atoms with E-state index in [-0.39, 0.29) is 5.91 Å². The van der Waals surface area contributed by atoms with E-state index in [0.29, 0.717) is 18.7 Å². The summed E-state index contributed by atoms with van der Waals surface area (Å²) in [5, 5.41) is 6.67. The van der Waals surface area contributed by atoms with Crippen LogP contribution >= 0.6 is 0 Å². The van der Waals surface area contributed by atoms with E-state index in [9.17, 15) is 4.79 Å². The maximum absolute atomic E-state index is 12.0.